The zero-order chi connectivity index (χ0) is 32.7. The average molecular weight is 589 g/mol. The summed E-state index contributed by atoms with van der Waals surface area (Å²) in [7, 11) is 0. The molecule has 0 radical (unpaired) electrons. The number of aliphatic carboxylic acids is 1. The molecule has 0 rings (SSSR count). The summed E-state index contributed by atoms with van der Waals surface area (Å²) >= 11 is 0. The van der Waals surface area contributed by atoms with Gasteiger partial charge < -0.3 is 51.1 Å². The minimum absolute atomic E-state index is 0.0161. The van der Waals surface area contributed by atoms with Gasteiger partial charge in [-0.05, 0) is 18.3 Å². The summed E-state index contributed by atoms with van der Waals surface area (Å²) in [6.45, 7) is 13.4. The van der Waals surface area contributed by atoms with Crippen LogP contribution < -0.4 is 0 Å². The normalized spacial score (nSPS) is 15.4. The molecular weight excluding hydrogens is 532 g/mol. The van der Waals surface area contributed by atoms with Crippen LogP contribution in [0.25, 0.3) is 0 Å². The van der Waals surface area contributed by atoms with E-state index in [9.17, 15) is 29.7 Å². The van der Waals surface area contributed by atoms with E-state index in [1.165, 1.54) is 13.8 Å². The number of aliphatic hydroxyl groups is 9. The summed E-state index contributed by atoms with van der Waals surface area (Å²) in [5.41, 5.74) is 0. The number of aliphatic hydroxyl groups excluding tert-OH is 9. The van der Waals surface area contributed by atoms with Crippen LogP contribution in [0.2, 0.25) is 0 Å². The Morgan fingerprint density at radius 1 is 0.600 bits per heavy atom. The lowest BCUT2D eigenvalue weighted by Crippen LogP contribution is -2.49. The van der Waals surface area contributed by atoms with E-state index in [0.717, 1.165) is 0 Å². The van der Waals surface area contributed by atoms with Gasteiger partial charge in [0.25, 0.3) is 0 Å². The summed E-state index contributed by atoms with van der Waals surface area (Å²) in [6, 6.07) is 0. The highest BCUT2D eigenvalue weighted by Gasteiger charge is 2.34. The van der Waals surface area contributed by atoms with Gasteiger partial charge in [0.1, 0.15) is 30.2 Å². The lowest BCUT2D eigenvalue weighted by Gasteiger charge is -2.25. The van der Waals surface area contributed by atoms with E-state index in [0.29, 0.717) is 12.3 Å². The zero-order valence-electron chi connectivity index (χ0n) is 25.2. The number of hydrogen-bond donors (Lipinski definition) is 10. The standard InChI is InChI=1S/C9H18O6.C7H12O3.C6H14O2.C5H12O2/c1-4(2)6(12)8(14)9(15)7(13)5(11)3-10;1-5(2)6(8)3-4-7(9)10;1-5(2)3-6(8)4-7;1-4(2)5(7)3-6/h4-5,7-11,13-15H,3H2,1-2H3;5H,3-4H2,1-2H3,(H,9,10);5-8H,3-4H2,1-2H3;4-7H,3H2,1-2H3. The predicted molar refractivity (Wildman–Crippen MR) is 148 cm³/mol. The van der Waals surface area contributed by atoms with E-state index in [1.54, 1.807) is 13.8 Å². The first-order valence-corrected chi connectivity index (χ1v) is 13.4. The zero-order valence-corrected chi connectivity index (χ0v) is 25.2. The molecule has 13 heteroatoms. The second kappa shape index (κ2) is 26.4. The first-order valence-electron chi connectivity index (χ1n) is 13.4. The second-order valence-electron chi connectivity index (χ2n) is 10.7. The van der Waals surface area contributed by atoms with Crippen LogP contribution in [0.1, 0.15) is 74.7 Å². The quantitative estimate of drug-likeness (QED) is 0.111. The van der Waals surface area contributed by atoms with Crippen molar-refractivity contribution in [3.05, 3.63) is 0 Å². The van der Waals surface area contributed by atoms with Gasteiger partial charge in [-0.1, -0.05) is 55.4 Å². The lowest BCUT2D eigenvalue weighted by atomic mass is 9.95. The molecule has 0 aromatic rings. The molecule has 0 amide bonds. The molecule has 0 saturated carbocycles. The number of Topliss-reactive ketones (excluding diaryl/α,β-unsaturated/α-hetero) is 2. The van der Waals surface area contributed by atoms with E-state index in [-0.39, 0.29) is 43.7 Å². The largest absolute Gasteiger partial charge is 0.481 e. The Morgan fingerprint density at radius 3 is 1.27 bits per heavy atom. The van der Waals surface area contributed by atoms with Gasteiger partial charge in [0.2, 0.25) is 0 Å². The SMILES string of the molecule is CC(C)C(=O)C(O)C(O)C(O)C(O)CO.CC(C)C(=O)CCC(=O)O.CC(C)C(O)CO.CC(C)CC(O)CO. The third-order valence-corrected chi connectivity index (χ3v) is 5.26. The third-order valence-electron chi connectivity index (χ3n) is 5.26. The van der Waals surface area contributed by atoms with E-state index < -0.39 is 60.9 Å². The van der Waals surface area contributed by atoms with Crippen molar-refractivity contribution in [3.63, 3.8) is 0 Å². The number of carboxylic acids is 1. The van der Waals surface area contributed by atoms with Gasteiger partial charge in [-0.2, -0.15) is 0 Å². The summed E-state index contributed by atoms with van der Waals surface area (Å²) < 4.78 is 0. The highest BCUT2D eigenvalue weighted by Crippen LogP contribution is 2.10. The third kappa shape index (κ3) is 26.7. The van der Waals surface area contributed by atoms with Gasteiger partial charge in [0.05, 0.1) is 38.4 Å². The minimum atomic E-state index is -1.80. The molecule has 40 heavy (non-hydrogen) atoms. The summed E-state index contributed by atoms with van der Waals surface area (Å²) in [5, 5.41) is 87.6. The van der Waals surface area contributed by atoms with Crippen LogP contribution in [0.15, 0.2) is 0 Å². The Balaban J connectivity index is -0.000000227. The fraction of sp³-hybridized carbons (Fsp3) is 0.889. The Bertz CT molecular complexity index is 638. The van der Waals surface area contributed by atoms with Crippen LogP contribution >= 0.6 is 0 Å². The summed E-state index contributed by atoms with van der Waals surface area (Å²) in [6.07, 6.45) is -7.17. The topological polar surface area (TPSA) is 254 Å². The fourth-order valence-electron chi connectivity index (χ4n) is 2.38. The molecule has 0 aromatic heterocycles. The number of carbonyl (C=O) groups excluding carboxylic acids is 2. The fourth-order valence-corrected chi connectivity index (χ4v) is 2.38. The Labute approximate surface area is 238 Å². The molecule has 13 nitrogen and oxygen atoms in total. The maximum atomic E-state index is 11.2. The molecular formula is C27H56O13. The average Bonchev–Trinajstić information content (AvgIpc) is 2.89. The smallest absolute Gasteiger partial charge is 0.303 e. The molecule has 0 fully saturated rings. The van der Waals surface area contributed by atoms with Crippen LogP contribution in [-0.4, -0.2) is 125 Å². The predicted octanol–water partition coefficient (Wildman–Crippen LogP) is -0.895. The van der Waals surface area contributed by atoms with Gasteiger partial charge in [-0.25, -0.2) is 0 Å². The molecule has 0 heterocycles. The molecule has 0 bridgehead atoms. The van der Waals surface area contributed by atoms with Crippen molar-refractivity contribution in [1.82, 2.24) is 0 Å². The van der Waals surface area contributed by atoms with Gasteiger partial charge >= 0.3 is 5.97 Å². The maximum Gasteiger partial charge on any atom is 0.303 e. The molecule has 10 N–H and O–H groups in total. The van der Waals surface area contributed by atoms with E-state index in [1.807, 2.05) is 27.7 Å². The molecule has 6 atom stereocenters. The van der Waals surface area contributed by atoms with Crippen molar-refractivity contribution in [2.24, 2.45) is 23.7 Å². The van der Waals surface area contributed by atoms with Crippen LogP contribution in [-0.2, 0) is 14.4 Å². The molecule has 0 aliphatic rings. The first kappa shape index (κ1) is 45.4. The molecule has 0 aromatic carbocycles. The van der Waals surface area contributed by atoms with Gasteiger partial charge in [-0.15, -0.1) is 0 Å². The Hall–Kier alpha value is -1.55. The molecule has 242 valence electrons. The van der Waals surface area contributed by atoms with Crippen LogP contribution in [0.5, 0.6) is 0 Å². The highest BCUT2D eigenvalue weighted by molar-refractivity contribution is 5.85. The summed E-state index contributed by atoms with van der Waals surface area (Å²) in [5.74, 6) is -1.42. The van der Waals surface area contributed by atoms with Crippen LogP contribution in [0.4, 0.5) is 0 Å². The van der Waals surface area contributed by atoms with E-state index >= 15 is 0 Å². The van der Waals surface area contributed by atoms with Crippen molar-refractivity contribution in [3.8, 4) is 0 Å². The van der Waals surface area contributed by atoms with Gasteiger partial charge in [-0.3, -0.25) is 14.4 Å². The number of hydrogen-bond acceptors (Lipinski definition) is 12. The van der Waals surface area contributed by atoms with Crippen molar-refractivity contribution in [1.29, 1.82) is 0 Å². The van der Waals surface area contributed by atoms with Gasteiger partial charge in [0, 0.05) is 18.3 Å². The number of ketones is 2. The van der Waals surface area contributed by atoms with Crippen LogP contribution in [0.3, 0.4) is 0 Å². The minimum Gasteiger partial charge on any atom is -0.481 e. The number of carbonyl (C=O) groups is 3. The van der Waals surface area contributed by atoms with E-state index in [2.05, 4.69) is 0 Å². The lowest BCUT2D eigenvalue weighted by molar-refractivity contribution is -0.149. The van der Waals surface area contributed by atoms with Crippen molar-refractivity contribution in [2.45, 2.75) is 111 Å². The molecule has 0 saturated heterocycles. The number of rotatable bonds is 15. The molecule has 6 unspecified atom stereocenters. The second-order valence-corrected chi connectivity index (χ2v) is 10.7. The molecule has 0 aliphatic heterocycles. The maximum absolute atomic E-state index is 11.2. The first-order chi connectivity index (χ1) is 18.2. The van der Waals surface area contributed by atoms with Crippen molar-refractivity contribution < 1.29 is 65.4 Å². The number of carboxylic acid groups (broad SMARTS) is 1. The summed E-state index contributed by atoms with van der Waals surface area (Å²) in [4.78, 5) is 32.0. The van der Waals surface area contributed by atoms with Crippen molar-refractivity contribution >= 4 is 17.5 Å². The monoisotopic (exact) mass is 588 g/mol. The Morgan fingerprint density at radius 2 is 1.05 bits per heavy atom. The van der Waals surface area contributed by atoms with E-state index in [4.69, 9.17) is 35.7 Å². The van der Waals surface area contributed by atoms with Crippen molar-refractivity contribution in [2.75, 3.05) is 19.8 Å². The van der Waals surface area contributed by atoms with Crippen LogP contribution in [0, 0.1) is 23.7 Å². The molecule has 0 aliphatic carbocycles. The molecule has 0 spiro atoms. The highest BCUT2D eigenvalue weighted by atomic mass is 16.4. The van der Waals surface area contributed by atoms with Gasteiger partial charge in [0.15, 0.2) is 5.78 Å². The Kier molecular flexibility index (Phi) is 29.9.